The molecule has 4 N–H and O–H groups in total. The molecule has 1 aromatic carbocycles. The predicted octanol–water partition coefficient (Wildman–Crippen LogP) is 2.10. The van der Waals surface area contributed by atoms with E-state index in [1.165, 1.54) is 16.4 Å². The Morgan fingerprint density at radius 2 is 2.11 bits per heavy atom. The Morgan fingerprint density at radius 3 is 2.89 bits per heavy atom. The van der Waals surface area contributed by atoms with Gasteiger partial charge in [0, 0.05) is 6.21 Å². The lowest BCUT2D eigenvalue weighted by molar-refractivity contribution is -0.118. The number of thioether (sulfide) groups is 1. The maximum atomic E-state index is 11.9. The molecule has 0 unspecified atom stereocenters. The summed E-state index contributed by atoms with van der Waals surface area (Å²) in [4.78, 5) is 11.9. The van der Waals surface area contributed by atoms with E-state index in [1.807, 2.05) is 36.4 Å². The molecule has 0 fully saturated rings. The highest BCUT2D eigenvalue weighted by atomic mass is 32.2. The average molecular weight is 397 g/mol. The summed E-state index contributed by atoms with van der Waals surface area (Å²) in [5, 5.41) is 15.0. The molecule has 1 amide bonds. The van der Waals surface area contributed by atoms with E-state index in [2.05, 4.69) is 26.0 Å². The van der Waals surface area contributed by atoms with Crippen LogP contribution in [0.25, 0.3) is 6.08 Å². The van der Waals surface area contributed by atoms with Crippen LogP contribution in [0, 0.1) is 0 Å². The van der Waals surface area contributed by atoms with Crippen molar-refractivity contribution in [1.29, 1.82) is 0 Å². The minimum atomic E-state index is -0.164. The summed E-state index contributed by atoms with van der Waals surface area (Å²) in [5.74, 6) is 6.86. The number of nitrogens with one attached hydrogen (secondary N) is 2. The maximum Gasteiger partial charge on any atom is 0.264 e. The number of nitrogens with zero attached hydrogens (tertiary/aromatic N) is 4. The van der Waals surface area contributed by atoms with Gasteiger partial charge in [-0.25, -0.2) is 10.1 Å². The van der Waals surface area contributed by atoms with Crippen molar-refractivity contribution in [2.45, 2.75) is 11.7 Å². The fourth-order valence-corrected chi connectivity index (χ4v) is 2.77. The topological polar surface area (TPSA) is 123 Å². The molecule has 0 atom stereocenters. The Labute approximate surface area is 165 Å². The number of carbonyl (C=O) groups is 1. The summed E-state index contributed by atoms with van der Waals surface area (Å²) in [6.07, 6.45) is 6.84. The van der Waals surface area contributed by atoms with Gasteiger partial charge in [0.15, 0.2) is 0 Å². The minimum absolute atomic E-state index is 0.152. The van der Waals surface area contributed by atoms with Crippen molar-refractivity contribution < 1.29 is 9.21 Å². The van der Waals surface area contributed by atoms with E-state index in [1.54, 1.807) is 30.7 Å². The Bertz CT molecular complexity index is 936. The molecule has 0 saturated carbocycles. The molecule has 144 valence electrons. The van der Waals surface area contributed by atoms with Gasteiger partial charge in [-0.1, -0.05) is 48.2 Å². The lowest BCUT2D eigenvalue weighted by atomic mass is 10.2. The van der Waals surface area contributed by atoms with Gasteiger partial charge in [0.1, 0.15) is 5.76 Å². The molecule has 2 heterocycles. The van der Waals surface area contributed by atoms with Gasteiger partial charge in [-0.05, 0) is 23.8 Å². The summed E-state index contributed by atoms with van der Waals surface area (Å²) >= 11 is 1.17. The highest BCUT2D eigenvalue weighted by Crippen LogP contribution is 2.16. The smallest absolute Gasteiger partial charge is 0.264 e. The summed E-state index contributed by atoms with van der Waals surface area (Å²) in [5.41, 5.74) is 3.78. The monoisotopic (exact) mass is 397 g/mol. The quantitative estimate of drug-likeness (QED) is 0.219. The summed E-state index contributed by atoms with van der Waals surface area (Å²) in [6.45, 7) is 0.333. The van der Waals surface area contributed by atoms with E-state index in [-0.39, 0.29) is 17.6 Å². The third-order valence-electron chi connectivity index (χ3n) is 3.45. The van der Waals surface area contributed by atoms with Crippen LogP contribution in [0.4, 0.5) is 5.95 Å². The highest BCUT2D eigenvalue weighted by Gasteiger charge is 2.12. The number of allylic oxidation sites excluding steroid dienone is 1. The van der Waals surface area contributed by atoms with Gasteiger partial charge < -0.3 is 15.6 Å². The highest BCUT2D eigenvalue weighted by molar-refractivity contribution is 7.99. The first-order valence-electron chi connectivity index (χ1n) is 8.35. The van der Waals surface area contributed by atoms with Crippen LogP contribution in [-0.4, -0.2) is 32.7 Å². The van der Waals surface area contributed by atoms with Crippen LogP contribution in [0.3, 0.4) is 0 Å². The van der Waals surface area contributed by atoms with Crippen molar-refractivity contribution in [3.8, 4) is 0 Å². The number of benzene rings is 1. The first kappa shape index (κ1) is 19.2. The molecule has 0 saturated heterocycles. The molecule has 9 nitrogen and oxygen atoms in total. The Balaban J connectivity index is 1.43. The van der Waals surface area contributed by atoms with Crippen LogP contribution in [0.2, 0.25) is 0 Å². The first-order valence-corrected chi connectivity index (χ1v) is 9.34. The van der Waals surface area contributed by atoms with Crippen LogP contribution in [0.5, 0.6) is 0 Å². The Kier molecular flexibility index (Phi) is 6.85. The van der Waals surface area contributed by atoms with Crippen molar-refractivity contribution in [3.05, 3.63) is 66.1 Å². The van der Waals surface area contributed by atoms with Gasteiger partial charge in [0.25, 0.3) is 5.95 Å². The van der Waals surface area contributed by atoms with E-state index < -0.39 is 0 Å². The number of hydrogen-bond acceptors (Lipinski definition) is 8. The van der Waals surface area contributed by atoms with Crippen molar-refractivity contribution in [2.24, 2.45) is 5.10 Å². The number of nitrogen functional groups attached to an aromatic ring is 1. The van der Waals surface area contributed by atoms with Gasteiger partial charge in [-0.2, -0.15) is 5.10 Å². The molecule has 28 heavy (non-hydrogen) atoms. The van der Waals surface area contributed by atoms with E-state index in [0.717, 1.165) is 5.56 Å². The van der Waals surface area contributed by atoms with Crippen molar-refractivity contribution in [2.75, 3.05) is 17.0 Å². The molecule has 2 aromatic heterocycles. The molecular weight excluding hydrogens is 378 g/mol. The SMILES string of the molecule is Nn1c(N/N=C/C=C/c2ccccc2)nnc1SCC(=O)NCc1ccco1. The minimum Gasteiger partial charge on any atom is -0.467 e. The van der Waals surface area contributed by atoms with E-state index >= 15 is 0 Å². The van der Waals surface area contributed by atoms with Gasteiger partial charge in [0.05, 0.1) is 18.6 Å². The number of aromatic nitrogens is 3. The standard InChI is InChI=1S/C18H19N7O2S/c19-25-17(22-21-10-4-8-14-6-2-1-3-7-14)23-24-18(25)28-13-16(26)20-12-15-9-5-11-27-15/h1-11H,12-13,19H2,(H,20,26)(H,22,23)/b8-4+,21-10+. The maximum absolute atomic E-state index is 11.9. The molecule has 10 heteroatoms. The Hall–Kier alpha value is -3.53. The number of nitrogens with two attached hydrogens (primary N) is 1. The zero-order valence-corrected chi connectivity index (χ0v) is 15.7. The molecule has 0 bridgehead atoms. The molecule has 0 aliphatic heterocycles. The summed E-state index contributed by atoms with van der Waals surface area (Å²) < 4.78 is 6.39. The average Bonchev–Trinajstić information content (AvgIpc) is 3.36. The third-order valence-corrected chi connectivity index (χ3v) is 4.39. The second-order valence-electron chi connectivity index (χ2n) is 5.48. The van der Waals surface area contributed by atoms with Crippen LogP contribution >= 0.6 is 11.8 Å². The molecular formula is C18H19N7O2S. The second kappa shape index (κ2) is 9.97. The van der Waals surface area contributed by atoms with Crippen molar-refractivity contribution in [1.82, 2.24) is 20.2 Å². The molecule has 0 spiro atoms. The fourth-order valence-electron chi connectivity index (χ4n) is 2.09. The zero-order chi connectivity index (χ0) is 19.6. The van der Waals surface area contributed by atoms with Crippen LogP contribution in [0.15, 0.2) is 69.5 Å². The second-order valence-corrected chi connectivity index (χ2v) is 6.42. The zero-order valence-electron chi connectivity index (χ0n) is 14.9. The van der Waals surface area contributed by atoms with Crippen molar-refractivity contribution >= 4 is 35.9 Å². The van der Waals surface area contributed by atoms with E-state index in [9.17, 15) is 4.79 Å². The molecule has 3 aromatic rings. The van der Waals surface area contributed by atoms with Gasteiger partial charge in [-0.3, -0.25) is 4.79 Å². The van der Waals surface area contributed by atoms with Crippen LogP contribution < -0.4 is 16.6 Å². The van der Waals surface area contributed by atoms with Crippen LogP contribution in [0.1, 0.15) is 11.3 Å². The number of amides is 1. The van der Waals surface area contributed by atoms with E-state index in [4.69, 9.17) is 10.3 Å². The van der Waals surface area contributed by atoms with Gasteiger partial charge >= 0.3 is 0 Å². The molecule has 0 aliphatic carbocycles. The van der Waals surface area contributed by atoms with Gasteiger partial charge in [0.2, 0.25) is 11.1 Å². The first-order chi connectivity index (χ1) is 13.7. The number of rotatable bonds is 9. The number of furan rings is 1. The molecule has 3 rings (SSSR count). The van der Waals surface area contributed by atoms with Crippen LogP contribution in [-0.2, 0) is 11.3 Å². The lowest BCUT2D eigenvalue weighted by Gasteiger charge is -2.04. The Morgan fingerprint density at radius 1 is 1.25 bits per heavy atom. The predicted molar refractivity (Wildman–Crippen MR) is 109 cm³/mol. The lowest BCUT2D eigenvalue weighted by Crippen LogP contribution is -2.24. The fraction of sp³-hybridized carbons (Fsp3) is 0.111. The third kappa shape index (κ3) is 5.74. The number of anilines is 1. The van der Waals surface area contributed by atoms with Gasteiger partial charge in [-0.15, -0.1) is 10.2 Å². The number of carbonyl (C=O) groups excluding carboxylic acids is 1. The number of hydrogen-bond donors (Lipinski definition) is 3. The molecule has 0 aliphatic rings. The largest absolute Gasteiger partial charge is 0.467 e. The summed E-state index contributed by atoms with van der Waals surface area (Å²) in [6, 6.07) is 13.4. The normalized spacial score (nSPS) is 11.3. The number of hydrazone groups is 1. The molecule has 0 radical (unpaired) electrons. The summed E-state index contributed by atoms with van der Waals surface area (Å²) in [7, 11) is 0. The van der Waals surface area contributed by atoms with E-state index in [0.29, 0.717) is 17.5 Å². The van der Waals surface area contributed by atoms with Crippen molar-refractivity contribution in [3.63, 3.8) is 0 Å².